The Kier molecular flexibility index (Phi) is 5.74. The average molecular weight is 293 g/mol. The summed E-state index contributed by atoms with van der Waals surface area (Å²) in [6.07, 6.45) is 6.76. The Balaban J connectivity index is 1.98. The maximum Gasteiger partial charge on any atom is 0.200 e. The number of rotatable bonds is 6. The van der Waals surface area contributed by atoms with Crippen LogP contribution in [0.15, 0.2) is 12.1 Å². The molecule has 1 aliphatic carbocycles. The van der Waals surface area contributed by atoms with E-state index in [4.69, 9.17) is 9.47 Å². The first-order valence-electron chi connectivity index (χ1n) is 7.83. The molecule has 21 heavy (non-hydrogen) atoms. The molecule has 1 aliphatic rings. The topological polar surface area (TPSA) is 50.7 Å². The van der Waals surface area contributed by atoms with Crippen molar-refractivity contribution >= 4 is 0 Å². The molecular weight excluding hydrogens is 266 g/mol. The summed E-state index contributed by atoms with van der Waals surface area (Å²) in [6, 6.07) is 4.23. The molecule has 0 radical (unpaired) electrons. The number of phenolic OH excluding ortho intramolecular Hbond substituents is 1. The zero-order chi connectivity index (χ0) is 15.2. The lowest BCUT2D eigenvalue weighted by Gasteiger charge is -2.28. The van der Waals surface area contributed by atoms with Crippen molar-refractivity contribution in [1.82, 2.24) is 5.32 Å². The second-order valence-corrected chi connectivity index (χ2v) is 5.92. The summed E-state index contributed by atoms with van der Waals surface area (Å²) >= 11 is 0. The molecule has 1 aromatic rings. The van der Waals surface area contributed by atoms with E-state index in [0.29, 0.717) is 17.5 Å². The molecular formula is C17H27NO3. The summed E-state index contributed by atoms with van der Waals surface area (Å²) < 4.78 is 10.4. The van der Waals surface area contributed by atoms with Crippen LogP contribution in [0.1, 0.15) is 44.6 Å². The summed E-state index contributed by atoms with van der Waals surface area (Å²) in [5.41, 5.74) is 1.06. The monoisotopic (exact) mass is 293 g/mol. The largest absolute Gasteiger partial charge is 0.502 e. The van der Waals surface area contributed by atoms with E-state index >= 15 is 0 Å². The highest BCUT2D eigenvalue weighted by Gasteiger charge is 2.20. The van der Waals surface area contributed by atoms with Crippen LogP contribution >= 0.6 is 0 Å². The molecule has 0 heterocycles. The number of ether oxygens (including phenoxy) is 2. The van der Waals surface area contributed by atoms with Crippen molar-refractivity contribution in [3.05, 3.63) is 17.7 Å². The van der Waals surface area contributed by atoms with Gasteiger partial charge in [-0.3, -0.25) is 0 Å². The average Bonchev–Trinajstić information content (AvgIpc) is 2.54. The molecule has 1 fully saturated rings. The zero-order valence-corrected chi connectivity index (χ0v) is 13.3. The van der Waals surface area contributed by atoms with Crippen LogP contribution < -0.4 is 14.8 Å². The fraction of sp³-hybridized carbons (Fsp3) is 0.647. The van der Waals surface area contributed by atoms with E-state index in [1.165, 1.54) is 32.1 Å². The fourth-order valence-electron chi connectivity index (χ4n) is 3.13. The van der Waals surface area contributed by atoms with Crippen LogP contribution in [0, 0.1) is 5.92 Å². The Labute approximate surface area is 127 Å². The molecule has 1 saturated carbocycles. The van der Waals surface area contributed by atoms with E-state index in [1.54, 1.807) is 14.2 Å². The molecule has 0 unspecified atom stereocenters. The van der Waals surface area contributed by atoms with Gasteiger partial charge in [-0.15, -0.1) is 0 Å². The minimum absolute atomic E-state index is 0.0593. The van der Waals surface area contributed by atoms with E-state index in [0.717, 1.165) is 18.0 Å². The predicted octanol–water partition coefficient (Wildman–Crippen LogP) is 3.47. The molecule has 0 aliphatic heterocycles. The van der Waals surface area contributed by atoms with Gasteiger partial charge < -0.3 is 19.9 Å². The lowest BCUT2D eigenvalue weighted by molar-refractivity contribution is 0.280. The number of methoxy groups -OCH3 is 2. The van der Waals surface area contributed by atoms with Gasteiger partial charge in [0, 0.05) is 12.6 Å². The molecule has 0 saturated heterocycles. The first-order valence-corrected chi connectivity index (χ1v) is 7.83. The Hall–Kier alpha value is -1.42. The molecule has 0 spiro atoms. The molecule has 0 amide bonds. The molecule has 1 aromatic carbocycles. The SMILES string of the molecule is COc1cc(CN[C@@H](C)C2CCCCC2)cc(OC)c1O. The third-order valence-corrected chi connectivity index (χ3v) is 4.52. The minimum Gasteiger partial charge on any atom is -0.502 e. The number of aromatic hydroxyl groups is 1. The van der Waals surface area contributed by atoms with Crippen molar-refractivity contribution in [2.75, 3.05) is 14.2 Å². The number of benzene rings is 1. The quantitative estimate of drug-likeness (QED) is 0.843. The van der Waals surface area contributed by atoms with Gasteiger partial charge in [-0.25, -0.2) is 0 Å². The summed E-state index contributed by atoms with van der Waals surface area (Å²) in [6.45, 7) is 3.02. The highest BCUT2D eigenvalue weighted by molar-refractivity contribution is 5.52. The first-order chi connectivity index (χ1) is 10.2. The van der Waals surface area contributed by atoms with Gasteiger partial charge in [-0.1, -0.05) is 19.3 Å². The van der Waals surface area contributed by atoms with Crippen LogP contribution in [-0.2, 0) is 6.54 Å². The van der Waals surface area contributed by atoms with Gasteiger partial charge in [0.2, 0.25) is 5.75 Å². The molecule has 4 heteroatoms. The van der Waals surface area contributed by atoms with Crippen LogP contribution in [0.3, 0.4) is 0 Å². The van der Waals surface area contributed by atoms with Gasteiger partial charge in [-0.05, 0) is 43.4 Å². The molecule has 2 rings (SSSR count). The van der Waals surface area contributed by atoms with Crippen molar-refractivity contribution in [3.63, 3.8) is 0 Å². The van der Waals surface area contributed by atoms with Gasteiger partial charge in [0.25, 0.3) is 0 Å². The Morgan fingerprint density at radius 3 is 2.24 bits per heavy atom. The fourth-order valence-corrected chi connectivity index (χ4v) is 3.13. The Morgan fingerprint density at radius 1 is 1.14 bits per heavy atom. The molecule has 2 N–H and O–H groups in total. The number of phenols is 1. The Bertz CT molecular complexity index is 430. The molecule has 4 nitrogen and oxygen atoms in total. The van der Waals surface area contributed by atoms with Crippen molar-refractivity contribution < 1.29 is 14.6 Å². The second-order valence-electron chi connectivity index (χ2n) is 5.92. The van der Waals surface area contributed by atoms with Crippen molar-refractivity contribution in [1.29, 1.82) is 0 Å². The number of hydrogen-bond acceptors (Lipinski definition) is 4. The summed E-state index contributed by atoms with van der Waals surface area (Å²) in [7, 11) is 3.10. The van der Waals surface area contributed by atoms with E-state index in [1.807, 2.05) is 12.1 Å². The van der Waals surface area contributed by atoms with Crippen LogP contribution in [0.2, 0.25) is 0 Å². The molecule has 118 valence electrons. The maximum atomic E-state index is 9.92. The van der Waals surface area contributed by atoms with E-state index in [2.05, 4.69) is 12.2 Å². The lowest BCUT2D eigenvalue weighted by Crippen LogP contribution is -2.34. The van der Waals surface area contributed by atoms with Crippen molar-refractivity contribution in [2.24, 2.45) is 5.92 Å². The number of hydrogen-bond donors (Lipinski definition) is 2. The van der Waals surface area contributed by atoms with E-state index in [9.17, 15) is 5.11 Å². The van der Waals surface area contributed by atoms with Crippen molar-refractivity contribution in [3.8, 4) is 17.2 Å². The van der Waals surface area contributed by atoms with Crippen LogP contribution in [-0.4, -0.2) is 25.4 Å². The smallest absolute Gasteiger partial charge is 0.200 e. The first kappa shape index (κ1) is 16.0. The predicted molar refractivity (Wildman–Crippen MR) is 84.1 cm³/mol. The minimum atomic E-state index is 0.0593. The second kappa shape index (κ2) is 7.55. The maximum absolute atomic E-state index is 9.92. The lowest BCUT2D eigenvalue weighted by atomic mass is 9.84. The summed E-state index contributed by atoms with van der Waals surface area (Å²) in [4.78, 5) is 0. The van der Waals surface area contributed by atoms with Crippen LogP contribution in [0.4, 0.5) is 0 Å². The summed E-state index contributed by atoms with van der Waals surface area (Å²) in [5.74, 6) is 1.75. The third-order valence-electron chi connectivity index (χ3n) is 4.52. The van der Waals surface area contributed by atoms with E-state index < -0.39 is 0 Å². The van der Waals surface area contributed by atoms with E-state index in [-0.39, 0.29) is 5.75 Å². The normalized spacial score (nSPS) is 17.5. The van der Waals surface area contributed by atoms with Crippen LogP contribution in [0.25, 0.3) is 0 Å². The molecule has 0 aromatic heterocycles. The van der Waals surface area contributed by atoms with Gasteiger partial charge in [0.05, 0.1) is 14.2 Å². The summed E-state index contributed by atoms with van der Waals surface area (Å²) in [5, 5.41) is 13.5. The molecule has 0 bridgehead atoms. The standard InChI is InChI=1S/C17H27NO3/c1-12(14-7-5-4-6-8-14)18-11-13-9-15(20-2)17(19)16(10-13)21-3/h9-10,12,14,18-19H,4-8,11H2,1-3H3/t12-/m0/s1. The van der Waals surface area contributed by atoms with Gasteiger partial charge in [-0.2, -0.15) is 0 Å². The Morgan fingerprint density at radius 2 is 1.71 bits per heavy atom. The highest BCUT2D eigenvalue weighted by Crippen LogP contribution is 2.37. The van der Waals surface area contributed by atoms with Gasteiger partial charge in [0.15, 0.2) is 11.5 Å². The van der Waals surface area contributed by atoms with Gasteiger partial charge >= 0.3 is 0 Å². The number of nitrogens with one attached hydrogen (secondary N) is 1. The third kappa shape index (κ3) is 4.03. The van der Waals surface area contributed by atoms with Gasteiger partial charge in [0.1, 0.15) is 0 Å². The highest BCUT2D eigenvalue weighted by atomic mass is 16.5. The molecule has 1 atom stereocenters. The zero-order valence-electron chi connectivity index (χ0n) is 13.3. The van der Waals surface area contributed by atoms with Crippen molar-refractivity contribution in [2.45, 2.75) is 51.6 Å². The van der Waals surface area contributed by atoms with Crippen LogP contribution in [0.5, 0.6) is 17.2 Å².